The van der Waals surface area contributed by atoms with Crippen LogP contribution in [0.1, 0.15) is 12.8 Å². The van der Waals surface area contributed by atoms with Crippen LogP contribution in [-0.4, -0.2) is 37.0 Å². The minimum atomic E-state index is -4.09. The second kappa shape index (κ2) is 4.91. The second-order valence-corrected chi connectivity index (χ2v) is 6.03. The van der Waals surface area contributed by atoms with Crippen molar-refractivity contribution in [3.8, 4) is 0 Å². The zero-order chi connectivity index (χ0) is 13.3. The van der Waals surface area contributed by atoms with E-state index >= 15 is 0 Å². The van der Waals surface area contributed by atoms with E-state index in [0.29, 0.717) is 18.9 Å². The van der Waals surface area contributed by atoms with Gasteiger partial charge in [0.1, 0.15) is 16.5 Å². The molecule has 1 atom stereocenters. The molecule has 1 aliphatic heterocycles. The van der Waals surface area contributed by atoms with Crippen molar-refractivity contribution in [2.45, 2.75) is 23.8 Å². The van der Waals surface area contributed by atoms with Crippen LogP contribution in [0, 0.1) is 11.6 Å². The molecular weight excluding hydrogens is 264 g/mol. The predicted molar refractivity (Wildman–Crippen MR) is 60.4 cm³/mol. The van der Waals surface area contributed by atoms with E-state index in [9.17, 15) is 17.2 Å². The molecule has 0 radical (unpaired) electrons. The van der Waals surface area contributed by atoms with Gasteiger partial charge in [0, 0.05) is 12.6 Å². The normalized spacial score (nSPS) is 21.4. The number of hydrogen-bond acceptors (Lipinski definition) is 3. The van der Waals surface area contributed by atoms with Crippen molar-refractivity contribution >= 4 is 10.0 Å². The zero-order valence-corrected chi connectivity index (χ0v) is 10.3. The highest BCUT2D eigenvalue weighted by Crippen LogP contribution is 2.27. The maximum absolute atomic E-state index is 13.5. The van der Waals surface area contributed by atoms with Crippen molar-refractivity contribution in [2.75, 3.05) is 13.2 Å². The average molecular weight is 277 g/mol. The van der Waals surface area contributed by atoms with Crippen LogP contribution < -0.4 is 0 Å². The van der Waals surface area contributed by atoms with Crippen LogP contribution in [0.2, 0.25) is 0 Å². The highest BCUT2D eigenvalue weighted by atomic mass is 32.2. The molecule has 1 aromatic rings. The molecule has 0 aliphatic carbocycles. The summed E-state index contributed by atoms with van der Waals surface area (Å²) < 4.78 is 52.0. The van der Waals surface area contributed by atoms with Crippen molar-refractivity contribution in [1.29, 1.82) is 0 Å². The Kier molecular flexibility index (Phi) is 3.65. The van der Waals surface area contributed by atoms with Crippen LogP contribution in [-0.2, 0) is 10.0 Å². The third kappa shape index (κ3) is 2.25. The number of halogens is 2. The summed E-state index contributed by atoms with van der Waals surface area (Å²) >= 11 is 0. The molecule has 0 saturated carbocycles. The van der Waals surface area contributed by atoms with Gasteiger partial charge in [0.05, 0.1) is 6.61 Å². The lowest BCUT2D eigenvalue weighted by atomic mass is 10.2. The molecule has 0 aromatic heterocycles. The zero-order valence-electron chi connectivity index (χ0n) is 9.51. The molecular formula is C11H13F2NO3S. The lowest BCUT2D eigenvalue weighted by Crippen LogP contribution is -2.38. The van der Waals surface area contributed by atoms with Crippen LogP contribution >= 0.6 is 0 Å². The van der Waals surface area contributed by atoms with Crippen LogP contribution in [0.5, 0.6) is 0 Å². The van der Waals surface area contributed by atoms with E-state index in [4.69, 9.17) is 5.11 Å². The minimum Gasteiger partial charge on any atom is -0.395 e. The van der Waals surface area contributed by atoms with Gasteiger partial charge in [-0.05, 0) is 31.0 Å². The van der Waals surface area contributed by atoms with E-state index in [1.165, 1.54) is 0 Å². The van der Waals surface area contributed by atoms with E-state index < -0.39 is 32.6 Å². The van der Waals surface area contributed by atoms with Gasteiger partial charge >= 0.3 is 0 Å². The van der Waals surface area contributed by atoms with Gasteiger partial charge < -0.3 is 5.11 Å². The highest BCUT2D eigenvalue weighted by Gasteiger charge is 2.36. The Hall–Kier alpha value is -1.05. The second-order valence-electron chi connectivity index (χ2n) is 4.17. The summed E-state index contributed by atoms with van der Waals surface area (Å²) in [6, 6.07) is 1.75. The maximum atomic E-state index is 13.5. The van der Waals surface area contributed by atoms with Crippen molar-refractivity contribution < 1.29 is 22.3 Å². The first kappa shape index (κ1) is 13.4. The Morgan fingerprint density at radius 2 is 2.11 bits per heavy atom. The fraction of sp³-hybridized carbons (Fsp3) is 0.455. The summed E-state index contributed by atoms with van der Waals surface area (Å²) in [7, 11) is -4.09. The number of rotatable bonds is 3. The molecule has 2 rings (SSSR count). The van der Waals surface area contributed by atoms with Gasteiger partial charge in [-0.25, -0.2) is 17.2 Å². The van der Waals surface area contributed by atoms with E-state index in [1.807, 2.05) is 0 Å². The number of aliphatic hydroxyl groups excluding tert-OH is 1. The van der Waals surface area contributed by atoms with E-state index in [2.05, 4.69) is 0 Å². The van der Waals surface area contributed by atoms with Gasteiger partial charge in [-0.2, -0.15) is 4.31 Å². The minimum absolute atomic E-state index is 0.212. The average Bonchev–Trinajstić information content (AvgIpc) is 2.81. The first-order chi connectivity index (χ1) is 8.46. The Morgan fingerprint density at radius 1 is 1.39 bits per heavy atom. The van der Waals surface area contributed by atoms with Crippen molar-refractivity contribution in [1.82, 2.24) is 4.31 Å². The molecule has 1 aliphatic rings. The summed E-state index contributed by atoms with van der Waals surface area (Å²) in [5, 5.41) is 9.10. The summed E-state index contributed by atoms with van der Waals surface area (Å²) in [5.41, 5.74) is 0. The van der Waals surface area contributed by atoms with Gasteiger partial charge in [0.25, 0.3) is 0 Å². The number of aliphatic hydroxyl groups is 1. The molecule has 1 fully saturated rings. The largest absolute Gasteiger partial charge is 0.395 e. The molecule has 1 heterocycles. The van der Waals surface area contributed by atoms with Crippen LogP contribution in [0.25, 0.3) is 0 Å². The van der Waals surface area contributed by atoms with Gasteiger partial charge in [0.15, 0.2) is 0 Å². The number of sulfonamides is 1. The molecule has 100 valence electrons. The van der Waals surface area contributed by atoms with Crippen molar-refractivity contribution in [2.24, 2.45) is 0 Å². The Morgan fingerprint density at radius 3 is 2.78 bits per heavy atom. The molecule has 0 unspecified atom stereocenters. The molecule has 7 heteroatoms. The molecule has 1 aromatic carbocycles. The monoisotopic (exact) mass is 277 g/mol. The third-order valence-corrected chi connectivity index (χ3v) is 4.98. The lowest BCUT2D eigenvalue weighted by Gasteiger charge is -2.22. The van der Waals surface area contributed by atoms with Gasteiger partial charge in [-0.15, -0.1) is 0 Å². The molecule has 1 N–H and O–H groups in total. The van der Waals surface area contributed by atoms with Crippen LogP contribution in [0.3, 0.4) is 0 Å². The van der Waals surface area contributed by atoms with Gasteiger partial charge in [-0.3, -0.25) is 0 Å². The van der Waals surface area contributed by atoms with Crippen molar-refractivity contribution in [3.63, 3.8) is 0 Å². The molecule has 1 saturated heterocycles. The Balaban J connectivity index is 2.45. The quantitative estimate of drug-likeness (QED) is 0.900. The van der Waals surface area contributed by atoms with E-state index in [1.54, 1.807) is 0 Å². The predicted octanol–water partition coefficient (Wildman–Crippen LogP) is 1.11. The number of hydrogen-bond donors (Lipinski definition) is 1. The summed E-state index contributed by atoms with van der Waals surface area (Å²) in [4.78, 5) is -0.678. The molecule has 18 heavy (non-hydrogen) atoms. The standard InChI is InChI=1S/C11H13F2NO3S/c12-8-3-4-10(13)11(6-8)18(16,17)14-5-1-2-9(14)7-15/h3-4,6,9,15H,1-2,5,7H2/t9-/m1/s1. The number of nitrogens with zero attached hydrogens (tertiary/aromatic N) is 1. The molecule has 4 nitrogen and oxygen atoms in total. The van der Waals surface area contributed by atoms with Crippen LogP contribution in [0.4, 0.5) is 8.78 Å². The summed E-state index contributed by atoms with van der Waals surface area (Å²) in [6.45, 7) is -0.111. The topological polar surface area (TPSA) is 57.6 Å². The smallest absolute Gasteiger partial charge is 0.246 e. The fourth-order valence-corrected chi connectivity index (χ4v) is 3.87. The highest BCUT2D eigenvalue weighted by molar-refractivity contribution is 7.89. The summed E-state index contributed by atoms with van der Waals surface area (Å²) in [6.07, 6.45) is 1.12. The van der Waals surface area contributed by atoms with Crippen LogP contribution in [0.15, 0.2) is 23.1 Å². The van der Waals surface area contributed by atoms with E-state index in [0.717, 1.165) is 16.4 Å². The lowest BCUT2D eigenvalue weighted by molar-refractivity contribution is 0.213. The maximum Gasteiger partial charge on any atom is 0.246 e. The Labute approximate surface area is 104 Å². The molecule has 0 spiro atoms. The van der Waals surface area contributed by atoms with Gasteiger partial charge in [-0.1, -0.05) is 0 Å². The number of benzene rings is 1. The summed E-state index contributed by atoms with van der Waals surface area (Å²) in [5.74, 6) is -1.80. The van der Waals surface area contributed by atoms with Gasteiger partial charge in [0.2, 0.25) is 10.0 Å². The first-order valence-electron chi connectivity index (χ1n) is 5.54. The third-order valence-electron chi connectivity index (χ3n) is 3.01. The first-order valence-corrected chi connectivity index (χ1v) is 6.98. The Bertz CT molecular complexity index is 547. The van der Waals surface area contributed by atoms with Crippen molar-refractivity contribution in [3.05, 3.63) is 29.8 Å². The molecule has 0 amide bonds. The molecule has 0 bridgehead atoms. The van der Waals surface area contributed by atoms with E-state index in [-0.39, 0.29) is 13.2 Å². The SMILES string of the molecule is O=S(=O)(c1cc(F)ccc1F)N1CCC[C@@H]1CO. The fourth-order valence-electron chi connectivity index (χ4n) is 2.11.